The average molecular weight is 374 g/mol. The maximum atomic E-state index is 12.0. The number of carbonyl (C=O) groups is 3. The number of aromatic nitrogens is 1. The van der Waals surface area contributed by atoms with E-state index in [-0.39, 0.29) is 46.9 Å². The highest BCUT2D eigenvalue weighted by molar-refractivity contribution is 6.34. The van der Waals surface area contributed by atoms with Crippen LogP contribution in [0.2, 0.25) is 10.2 Å². The van der Waals surface area contributed by atoms with Crippen LogP contribution in [0.3, 0.4) is 0 Å². The maximum absolute atomic E-state index is 12.0. The number of carbonyl (C=O) groups excluding carboxylic acids is 3. The van der Waals surface area contributed by atoms with Crippen LogP contribution in [-0.4, -0.2) is 42.7 Å². The van der Waals surface area contributed by atoms with E-state index in [1.54, 1.807) is 6.92 Å². The first-order chi connectivity index (χ1) is 11.4. The molecule has 0 saturated heterocycles. The first-order valence-electron chi connectivity index (χ1n) is 6.85. The Morgan fingerprint density at radius 2 is 2.00 bits per heavy atom. The third kappa shape index (κ3) is 4.36. The largest absolute Gasteiger partial charge is 0.463 e. The Kier molecular flexibility index (Phi) is 5.99. The van der Waals surface area contributed by atoms with Gasteiger partial charge in [0.25, 0.3) is 0 Å². The molecule has 0 radical (unpaired) electrons. The number of hydrogen-bond donors (Lipinski definition) is 2. The topological polar surface area (TPSA) is 107 Å². The Morgan fingerprint density at radius 1 is 1.25 bits per heavy atom. The lowest BCUT2D eigenvalue weighted by molar-refractivity contribution is -0.138. The van der Waals surface area contributed by atoms with E-state index in [1.807, 2.05) is 0 Å². The molecular formula is C14H13Cl2N3O5. The van der Waals surface area contributed by atoms with E-state index in [0.717, 1.165) is 0 Å². The fourth-order valence-electron chi connectivity index (χ4n) is 1.84. The standard InChI is InChI=1S/C14H13Cl2N3O5/c1-2-23-12(20)7-5-17-14(22)18-9(7)6-24-13(21)11-8(15)3-4-10(16)19-11/h3-4H,2,5-6H2,1H3,(H2,17,18,22). The van der Waals surface area contributed by atoms with E-state index in [4.69, 9.17) is 32.7 Å². The molecular weight excluding hydrogens is 361 g/mol. The first-order valence-corrected chi connectivity index (χ1v) is 7.61. The van der Waals surface area contributed by atoms with Crippen LogP contribution in [0.4, 0.5) is 4.79 Å². The van der Waals surface area contributed by atoms with Gasteiger partial charge in [0.2, 0.25) is 0 Å². The molecule has 0 unspecified atom stereocenters. The molecule has 2 N–H and O–H groups in total. The lowest BCUT2D eigenvalue weighted by atomic mass is 10.2. The van der Waals surface area contributed by atoms with Gasteiger partial charge in [-0.1, -0.05) is 23.2 Å². The molecule has 1 aromatic rings. The summed E-state index contributed by atoms with van der Waals surface area (Å²) >= 11 is 11.6. The summed E-state index contributed by atoms with van der Waals surface area (Å²) in [5.41, 5.74) is 0.126. The van der Waals surface area contributed by atoms with Gasteiger partial charge in [0.1, 0.15) is 11.8 Å². The molecule has 0 spiro atoms. The van der Waals surface area contributed by atoms with Crippen LogP contribution in [0.1, 0.15) is 17.4 Å². The number of esters is 2. The van der Waals surface area contributed by atoms with Crippen molar-refractivity contribution in [2.75, 3.05) is 19.8 Å². The summed E-state index contributed by atoms with van der Waals surface area (Å²) in [6, 6.07) is 2.31. The van der Waals surface area contributed by atoms with Gasteiger partial charge >= 0.3 is 18.0 Å². The smallest absolute Gasteiger partial charge is 0.358 e. The number of nitrogens with one attached hydrogen (secondary N) is 2. The Labute approximate surface area is 147 Å². The van der Waals surface area contributed by atoms with E-state index in [1.165, 1.54) is 12.1 Å². The van der Waals surface area contributed by atoms with E-state index in [0.29, 0.717) is 0 Å². The summed E-state index contributed by atoms with van der Waals surface area (Å²) in [4.78, 5) is 39.1. The zero-order chi connectivity index (χ0) is 17.7. The van der Waals surface area contributed by atoms with Gasteiger partial charge in [0, 0.05) is 0 Å². The molecule has 1 aromatic heterocycles. The monoisotopic (exact) mass is 373 g/mol. The summed E-state index contributed by atoms with van der Waals surface area (Å²) < 4.78 is 9.95. The van der Waals surface area contributed by atoms with Crippen molar-refractivity contribution in [3.8, 4) is 0 Å². The Balaban J connectivity index is 2.14. The van der Waals surface area contributed by atoms with Gasteiger partial charge in [-0.3, -0.25) is 0 Å². The fourth-order valence-corrected chi connectivity index (χ4v) is 2.17. The van der Waals surface area contributed by atoms with Gasteiger partial charge in [-0.25, -0.2) is 19.4 Å². The van der Waals surface area contributed by atoms with Gasteiger partial charge in [-0.05, 0) is 19.1 Å². The van der Waals surface area contributed by atoms with Crippen molar-refractivity contribution in [3.05, 3.63) is 39.3 Å². The SMILES string of the molecule is CCOC(=O)C1=C(COC(=O)c2nc(Cl)ccc2Cl)NC(=O)NC1. The molecule has 2 rings (SSSR count). The summed E-state index contributed by atoms with van der Waals surface area (Å²) in [6.45, 7) is 1.43. The lowest BCUT2D eigenvalue weighted by Crippen LogP contribution is -2.45. The van der Waals surface area contributed by atoms with Crippen molar-refractivity contribution in [1.29, 1.82) is 0 Å². The van der Waals surface area contributed by atoms with Gasteiger partial charge < -0.3 is 20.1 Å². The van der Waals surface area contributed by atoms with E-state index >= 15 is 0 Å². The second-order valence-electron chi connectivity index (χ2n) is 4.53. The minimum absolute atomic E-state index is 0.0340. The van der Waals surface area contributed by atoms with Crippen LogP contribution in [0.25, 0.3) is 0 Å². The molecule has 1 aliphatic rings. The maximum Gasteiger partial charge on any atom is 0.358 e. The highest BCUT2D eigenvalue weighted by atomic mass is 35.5. The zero-order valence-corrected chi connectivity index (χ0v) is 14.0. The normalized spacial score (nSPS) is 13.9. The van der Waals surface area contributed by atoms with Crippen LogP contribution in [0, 0.1) is 0 Å². The molecule has 0 aromatic carbocycles. The predicted octanol–water partition coefficient (Wildman–Crippen LogP) is 1.68. The van der Waals surface area contributed by atoms with E-state index < -0.39 is 18.0 Å². The Hall–Kier alpha value is -2.32. The molecule has 1 aliphatic heterocycles. The van der Waals surface area contributed by atoms with Gasteiger partial charge in [-0.15, -0.1) is 0 Å². The summed E-state index contributed by atoms with van der Waals surface area (Å²) in [5.74, 6) is -1.46. The summed E-state index contributed by atoms with van der Waals surface area (Å²) in [7, 11) is 0. The van der Waals surface area contributed by atoms with Crippen molar-refractivity contribution >= 4 is 41.2 Å². The second-order valence-corrected chi connectivity index (χ2v) is 5.32. The number of nitrogens with zero attached hydrogens (tertiary/aromatic N) is 1. The minimum atomic E-state index is -0.842. The molecule has 2 heterocycles. The highest BCUT2D eigenvalue weighted by Crippen LogP contribution is 2.18. The third-order valence-corrected chi connectivity index (χ3v) is 3.44. The van der Waals surface area contributed by atoms with Gasteiger partial charge in [0.15, 0.2) is 5.69 Å². The number of hydrogen-bond acceptors (Lipinski definition) is 6. The van der Waals surface area contributed by atoms with Crippen LogP contribution in [0.15, 0.2) is 23.4 Å². The number of ether oxygens (including phenoxy) is 2. The molecule has 8 nitrogen and oxygen atoms in total. The van der Waals surface area contributed by atoms with Crippen LogP contribution < -0.4 is 10.6 Å². The summed E-state index contributed by atoms with van der Waals surface area (Å²) in [6.07, 6.45) is 0. The molecule has 0 saturated carbocycles. The molecule has 0 aliphatic carbocycles. The summed E-state index contributed by atoms with van der Waals surface area (Å²) in [5, 5.41) is 4.99. The molecule has 128 valence electrons. The average Bonchev–Trinajstić information content (AvgIpc) is 2.55. The molecule has 0 atom stereocenters. The molecule has 0 fully saturated rings. The Morgan fingerprint density at radius 3 is 2.71 bits per heavy atom. The third-order valence-electron chi connectivity index (χ3n) is 2.93. The molecule has 2 amide bonds. The number of pyridine rings is 1. The Bertz CT molecular complexity index is 720. The highest BCUT2D eigenvalue weighted by Gasteiger charge is 2.25. The predicted molar refractivity (Wildman–Crippen MR) is 84.7 cm³/mol. The number of amides is 2. The quantitative estimate of drug-likeness (QED) is 0.600. The zero-order valence-electron chi connectivity index (χ0n) is 12.5. The second kappa shape index (κ2) is 7.98. The number of urea groups is 1. The number of halogens is 2. The van der Waals surface area contributed by atoms with Crippen LogP contribution >= 0.6 is 23.2 Å². The molecule has 24 heavy (non-hydrogen) atoms. The lowest BCUT2D eigenvalue weighted by Gasteiger charge is -2.21. The van der Waals surface area contributed by atoms with Crippen molar-refractivity contribution in [2.45, 2.75) is 6.92 Å². The number of rotatable bonds is 5. The van der Waals surface area contributed by atoms with E-state index in [9.17, 15) is 14.4 Å². The minimum Gasteiger partial charge on any atom is -0.463 e. The van der Waals surface area contributed by atoms with Crippen molar-refractivity contribution in [2.24, 2.45) is 0 Å². The van der Waals surface area contributed by atoms with Crippen LogP contribution in [-0.2, 0) is 14.3 Å². The van der Waals surface area contributed by atoms with Crippen LogP contribution in [0.5, 0.6) is 0 Å². The first kappa shape index (κ1) is 18.0. The van der Waals surface area contributed by atoms with Gasteiger partial charge in [0.05, 0.1) is 29.4 Å². The molecule has 10 heteroatoms. The molecule has 0 bridgehead atoms. The van der Waals surface area contributed by atoms with Gasteiger partial charge in [-0.2, -0.15) is 0 Å². The van der Waals surface area contributed by atoms with E-state index in [2.05, 4.69) is 15.6 Å². The van der Waals surface area contributed by atoms with Crippen molar-refractivity contribution < 1.29 is 23.9 Å². The van der Waals surface area contributed by atoms with Crippen molar-refractivity contribution in [3.63, 3.8) is 0 Å². The fraction of sp³-hybridized carbons (Fsp3) is 0.286. The van der Waals surface area contributed by atoms with Crippen molar-refractivity contribution in [1.82, 2.24) is 15.6 Å².